The number of hydrogen-bond acceptors (Lipinski definition) is 6. The van der Waals surface area contributed by atoms with Crippen molar-refractivity contribution in [2.45, 2.75) is 12.7 Å². The topological polar surface area (TPSA) is 178 Å². The summed E-state index contributed by atoms with van der Waals surface area (Å²) in [6, 6.07) is 10.0. The van der Waals surface area contributed by atoms with E-state index in [-0.39, 0.29) is 17.4 Å². The van der Waals surface area contributed by atoms with Crippen LogP contribution in [0.1, 0.15) is 22.3 Å². The monoisotopic (exact) mass is 407 g/mol. The van der Waals surface area contributed by atoms with Crippen LogP contribution >= 0.6 is 0 Å². The minimum absolute atomic E-state index is 0.0632. The number of hydrogen-bond donors (Lipinski definition) is 5. The van der Waals surface area contributed by atoms with Gasteiger partial charge in [0.25, 0.3) is 0 Å². The SMILES string of the molecule is COc1cc(C(=N)N)ccc1C.COc1cc(C(=N)N)ccc1CS(N)(=O)=O. The molecule has 0 spiro atoms. The van der Waals surface area contributed by atoms with Crippen LogP contribution in [0.3, 0.4) is 0 Å². The average molecular weight is 407 g/mol. The zero-order valence-corrected chi connectivity index (χ0v) is 16.8. The summed E-state index contributed by atoms with van der Waals surface area (Å²) in [7, 11) is -0.596. The molecule has 0 saturated carbocycles. The molecule has 0 heterocycles. The molecule has 0 unspecified atom stereocenters. The third-order valence-electron chi connectivity index (χ3n) is 3.67. The van der Waals surface area contributed by atoms with Gasteiger partial charge in [-0.3, -0.25) is 10.8 Å². The third-order valence-corrected chi connectivity index (χ3v) is 4.39. The highest BCUT2D eigenvalue weighted by Crippen LogP contribution is 2.21. The lowest BCUT2D eigenvalue weighted by atomic mass is 10.1. The average Bonchev–Trinajstić information content (AvgIpc) is 2.61. The number of rotatable bonds is 6. The normalized spacial score (nSPS) is 10.4. The first-order valence-electron chi connectivity index (χ1n) is 7.99. The number of benzene rings is 2. The summed E-state index contributed by atoms with van der Waals surface area (Å²) in [6.45, 7) is 1.95. The van der Waals surface area contributed by atoms with Gasteiger partial charge in [-0.2, -0.15) is 0 Å². The Morgan fingerprint density at radius 3 is 1.82 bits per heavy atom. The first-order chi connectivity index (χ1) is 13.0. The van der Waals surface area contributed by atoms with E-state index in [1.54, 1.807) is 25.3 Å². The lowest BCUT2D eigenvalue weighted by molar-refractivity contribution is 0.411. The second kappa shape index (κ2) is 9.72. The summed E-state index contributed by atoms with van der Waals surface area (Å²) in [5, 5.41) is 19.4. The Kier molecular flexibility index (Phi) is 7.96. The van der Waals surface area contributed by atoms with Crippen LogP contribution < -0.4 is 26.1 Å². The molecular weight excluding hydrogens is 382 g/mol. The van der Waals surface area contributed by atoms with Crippen LogP contribution in [0, 0.1) is 17.7 Å². The number of nitrogen functional groups attached to an aromatic ring is 2. The second-order valence-electron chi connectivity index (χ2n) is 5.85. The molecule has 152 valence electrons. The van der Waals surface area contributed by atoms with E-state index in [0.717, 1.165) is 11.3 Å². The number of aryl methyl sites for hydroxylation is 1. The highest BCUT2D eigenvalue weighted by molar-refractivity contribution is 7.88. The summed E-state index contributed by atoms with van der Waals surface area (Å²) in [5.41, 5.74) is 13.3. The maximum Gasteiger partial charge on any atom is 0.213 e. The molecule has 0 aliphatic heterocycles. The molecule has 2 aromatic carbocycles. The van der Waals surface area contributed by atoms with Crippen LogP contribution in [0.5, 0.6) is 11.5 Å². The van der Waals surface area contributed by atoms with Crippen molar-refractivity contribution in [3.63, 3.8) is 0 Å². The number of nitrogens with two attached hydrogens (primary N) is 3. The fourth-order valence-electron chi connectivity index (χ4n) is 2.24. The predicted molar refractivity (Wildman–Crippen MR) is 110 cm³/mol. The molecule has 0 bridgehead atoms. The molecule has 0 aromatic heterocycles. The van der Waals surface area contributed by atoms with Gasteiger partial charge in [0.2, 0.25) is 10.0 Å². The van der Waals surface area contributed by atoms with E-state index in [2.05, 4.69) is 0 Å². The lowest BCUT2D eigenvalue weighted by Gasteiger charge is -2.09. The van der Waals surface area contributed by atoms with Crippen molar-refractivity contribution in [2.75, 3.05) is 14.2 Å². The fraction of sp³-hybridized carbons (Fsp3) is 0.222. The first kappa shape index (κ1) is 22.9. The van der Waals surface area contributed by atoms with Crippen LogP contribution in [0.2, 0.25) is 0 Å². The van der Waals surface area contributed by atoms with Crippen LogP contribution in [0.25, 0.3) is 0 Å². The maximum absolute atomic E-state index is 10.9. The molecule has 0 aliphatic carbocycles. The van der Waals surface area contributed by atoms with Gasteiger partial charge < -0.3 is 20.9 Å². The van der Waals surface area contributed by atoms with Gasteiger partial charge in [-0.15, -0.1) is 0 Å². The summed E-state index contributed by atoms with van der Waals surface area (Å²) >= 11 is 0. The Balaban J connectivity index is 0.000000292. The van der Waals surface area contributed by atoms with Crippen molar-refractivity contribution in [3.05, 3.63) is 58.7 Å². The second-order valence-corrected chi connectivity index (χ2v) is 7.46. The summed E-state index contributed by atoms with van der Waals surface area (Å²) in [5.74, 6) is 0.757. The van der Waals surface area contributed by atoms with Crippen molar-refractivity contribution in [2.24, 2.45) is 16.6 Å². The minimum Gasteiger partial charge on any atom is -0.496 e. The molecule has 0 radical (unpaired) electrons. The summed E-state index contributed by atoms with van der Waals surface area (Å²) < 4.78 is 32.0. The van der Waals surface area contributed by atoms with Crippen LogP contribution in [-0.4, -0.2) is 34.3 Å². The number of ether oxygens (including phenoxy) is 2. The van der Waals surface area contributed by atoms with E-state index in [9.17, 15) is 8.42 Å². The highest BCUT2D eigenvalue weighted by Gasteiger charge is 2.11. The molecule has 28 heavy (non-hydrogen) atoms. The predicted octanol–water partition coefficient (Wildman–Crippen LogP) is 1.06. The van der Waals surface area contributed by atoms with Crippen molar-refractivity contribution >= 4 is 21.7 Å². The smallest absolute Gasteiger partial charge is 0.213 e. The zero-order chi connectivity index (χ0) is 21.5. The van der Waals surface area contributed by atoms with Crippen LogP contribution in [0.4, 0.5) is 0 Å². The quantitative estimate of drug-likeness (QED) is 0.353. The lowest BCUT2D eigenvalue weighted by Crippen LogP contribution is -2.16. The standard InChI is InChI=1S/C9H13N3O3S.C9H12N2O/c1-15-8-4-6(9(10)11)2-3-7(8)5-16(12,13)14;1-6-3-4-7(9(10)11)5-8(6)12-2/h2-4H,5H2,1H3,(H3,10,11)(H2,12,13,14);3-5H,1-2H3,(H3,10,11). The van der Waals surface area contributed by atoms with Crippen molar-refractivity contribution in [1.82, 2.24) is 0 Å². The van der Waals surface area contributed by atoms with Gasteiger partial charge in [0.1, 0.15) is 23.2 Å². The molecule has 0 atom stereocenters. The Hall–Kier alpha value is -3.11. The van der Waals surface area contributed by atoms with E-state index in [1.807, 2.05) is 13.0 Å². The number of methoxy groups -OCH3 is 2. The Bertz CT molecular complexity index is 974. The van der Waals surface area contributed by atoms with Gasteiger partial charge in [-0.1, -0.05) is 24.3 Å². The third kappa shape index (κ3) is 6.89. The molecule has 0 fully saturated rings. The Morgan fingerprint density at radius 1 is 0.929 bits per heavy atom. The minimum atomic E-state index is -3.61. The molecule has 0 aliphatic rings. The van der Waals surface area contributed by atoms with E-state index in [4.69, 9.17) is 36.9 Å². The van der Waals surface area contributed by atoms with E-state index >= 15 is 0 Å². The molecule has 10 heteroatoms. The number of primary sulfonamides is 1. The van der Waals surface area contributed by atoms with Gasteiger partial charge in [0, 0.05) is 16.7 Å². The molecule has 0 amide bonds. The van der Waals surface area contributed by atoms with E-state index in [0.29, 0.717) is 22.4 Å². The number of nitrogens with one attached hydrogen (secondary N) is 2. The molecule has 0 saturated heterocycles. The van der Waals surface area contributed by atoms with Gasteiger partial charge >= 0.3 is 0 Å². The van der Waals surface area contributed by atoms with Gasteiger partial charge in [0.05, 0.1) is 20.0 Å². The Labute approximate surface area is 164 Å². The Morgan fingerprint density at radius 2 is 1.39 bits per heavy atom. The maximum atomic E-state index is 10.9. The largest absolute Gasteiger partial charge is 0.496 e. The van der Waals surface area contributed by atoms with Gasteiger partial charge in [-0.25, -0.2) is 13.6 Å². The highest BCUT2D eigenvalue weighted by atomic mass is 32.2. The van der Waals surface area contributed by atoms with Crippen molar-refractivity contribution in [3.8, 4) is 11.5 Å². The molecule has 2 aromatic rings. The first-order valence-corrected chi connectivity index (χ1v) is 9.70. The summed E-state index contributed by atoms with van der Waals surface area (Å²) in [4.78, 5) is 0. The number of sulfonamides is 1. The van der Waals surface area contributed by atoms with Crippen molar-refractivity contribution < 1.29 is 17.9 Å². The van der Waals surface area contributed by atoms with Gasteiger partial charge in [0.15, 0.2) is 0 Å². The van der Waals surface area contributed by atoms with Gasteiger partial charge in [-0.05, 0) is 24.6 Å². The number of amidine groups is 2. The van der Waals surface area contributed by atoms with Crippen molar-refractivity contribution in [1.29, 1.82) is 10.8 Å². The molecular formula is C18H25N5O4S. The molecule has 9 nitrogen and oxygen atoms in total. The van der Waals surface area contributed by atoms with E-state index < -0.39 is 10.0 Å². The van der Waals surface area contributed by atoms with E-state index in [1.165, 1.54) is 19.2 Å². The molecule has 2 rings (SSSR count). The fourth-order valence-corrected chi connectivity index (χ4v) is 2.91. The zero-order valence-electron chi connectivity index (χ0n) is 15.9. The van der Waals surface area contributed by atoms with Crippen LogP contribution in [-0.2, 0) is 15.8 Å². The molecule has 8 N–H and O–H groups in total. The van der Waals surface area contributed by atoms with Crippen LogP contribution in [0.15, 0.2) is 36.4 Å². The summed E-state index contributed by atoms with van der Waals surface area (Å²) in [6.07, 6.45) is 0.